The van der Waals surface area contributed by atoms with Crippen molar-refractivity contribution in [3.05, 3.63) is 59.8 Å². The summed E-state index contributed by atoms with van der Waals surface area (Å²) in [5.74, 6) is 0.718. The molecule has 5 rings (SSSR count). The summed E-state index contributed by atoms with van der Waals surface area (Å²) in [5, 5.41) is 5.98. The predicted molar refractivity (Wildman–Crippen MR) is 151 cm³/mol. The highest BCUT2D eigenvalue weighted by Gasteiger charge is 2.36. The van der Waals surface area contributed by atoms with Crippen LogP contribution in [0, 0.1) is 0 Å². The number of hydrogen-bond donors (Lipinski definition) is 0. The van der Waals surface area contributed by atoms with Crippen LogP contribution in [-0.2, 0) is 14.8 Å². The van der Waals surface area contributed by atoms with Gasteiger partial charge in [0.15, 0.2) is 0 Å². The first-order chi connectivity index (χ1) is 18.1. The number of piperidine rings is 1. The first kappa shape index (κ1) is 26.7. The molecular formula is C27H33ClN6O3S. The van der Waals surface area contributed by atoms with E-state index in [1.807, 2.05) is 43.3 Å². The summed E-state index contributed by atoms with van der Waals surface area (Å²) in [5.41, 5.74) is 1.15. The van der Waals surface area contributed by atoms with Gasteiger partial charge in [-0.25, -0.2) is 18.4 Å². The van der Waals surface area contributed by atoms with E-state index in [2.05, 4.69) is 16.0 Å². The number of hydrogen-bond acceptors (Lipinski definition) is 7. The Labute approximate surface area is 229 Å². The van der Waals surface area contributed by atoms with Crippen molar-refractivity contribution in [1.29, 1.82) is 0 Å². The average molecular weight is 557 g/mol. The largest absolute Gasteiger partial charge is 0.371 e. The number of nitrogens with zero attached hydrogens (tertiary/aromatic N) is 6. The van der Waals surface area contributed by atoms with Crippen LogP contribution >= 0.6 is 11.6 Å². The number of fused-ring (bicyclic) bond motifs is 1. The standard InChI is InChI=1S/C27H33ClN6O3S/c1-30(2)26-18-24(8-11-29-26)32-12-9-23(10-13-32)31(3)34-15-14-33(19-27(34)35)38(36,37)25-7-5-20-16-22(28)6-4-21(20)17-25/h4-8,11,16-18,23H,9-10,12-15,19H2,1-3H3. The van der Waals surface area contributed by atoms with Crippen LogP contribution in [0.25, 0.3) is 10.8 Å². The summed E-state index contributed by atoms with van der Waals surface area (Å²) >= 11 is 6.05. The second kappa shape index (κ2) is 10.7. The number of carbonyl (C=O) groups excluding carboxylic acids is 1. The van der Waals surface area contributed by atoms with E-state index in [0.717, 1.165) is 48.2 Å². The maximum Gasteiger partial charge on any atom is 0.252 e. The highest BCUT2D eigenvalue weighted by atomic mass is 35.5. The number of anilines is 2. The molecule has 2 aliphatic rings. The molecule has 2 saturated heterocycles. The fraction of sp³-hybridized carbons (Fsp3) is 0.407. The van der Waals surface area contributed by atoms with Gasteiger partial charge in [-0.3, -0.25) is 9.80 Å². The maximum atomic E-state index is 13.4. The summed E-state index contributed by atoms with van der Waals surface area (Å²) in [6, 6.07) is 14.6. The first-order valence-electron chi connectivity index (χ1n) is 12.7. The third-order valence-corrected chi connectivity index (χ3v) is 9.57. The Kier molecular flexibility index (Phi) is 7.50. The number of halogens is 1. The average Bonchev–Trinajstić information content (AvgIpc) is 2.92. The number of amides is 1. The van der Waals surface area contributed by atoms with Gasteiger partial charge in [0.2, 0.25) is 10.0 Å². The fourth-order valence-electron chi connectivity index (χ4n) is 5.23. The number of sulfonamides is 1. The molecule has 38 heavy (non-hydrogen) atoms. The highest BCUT2D eigenvalue weighted by Crippen LogP contribution is 2.28. The number of benzene rings is 2. The molecule has 0 atom stereocenters. The van der Waals surface area contributed by atoms with Gasteiger partial charge in [-0.05, 0) is 53.9 Å². The summed E-state index contributed by atoms with van der Waals surface area (Å²) in [4.78, 5) is 22.1. The molecule has 0 radical (unpaired) electrons. The van der Waals surface area contributed by atoms with Crippen molar-refractivity contribution in [2.45, 2.75) is 23.8 Å². The molecule has 0 unspecified atom stereocenters. The van der Waals surface area contributed by atoms with Crippen molar-refractivity contribution in [3.8, 4) is 0 Å². The topological polar surface area (TPSA) is 80.3 Å². The van der Waals surface area contributed by atoms with E-state index in [0.29, 0.717) is 11.6 Å². The molecule has 2 fully saturated rings. The summed E-state index contributed by atoms with van der Waals surface area (Å²) in [6.07, 6.45) is 3.65. The van der Waals surface area contributed by atoms with Crippen molar-refractivity contribution in [2.24, 2.45) is 0 Å². The van der Waals surface area contributed by atoms with Crippen LogP contribution in [0.5, 0.6) is 0 Å². The Balaban J connectivity index is 1.21. The van der Waals surface area contributed by atoms with E-state index in [4.69, 9.17) is 11.6 Å². The molecule has 1 amide bonds. The Morgan fingerprint density at radius 3 is 2.34 bits per heavy atom. The van der Waals surface area contributed by atoms with Crippen LogP contribution in [0.3, 0.4) is 0 Å². The maximum absolute atomic E-state index is 13.4. The van der Waals surface area contributed by atoms with Gasteiger partial charge in [0.1, 0.15) is 5.82 Å². The van der Waals surface area contributed by atoms with Gasteiger partial charge in [-0.2, -0.15) is 4.31 Å². The lowest BCUT2D eigenvalue weighted by Gasteiger charge is -2.45. The fourth-order valence-corrected chi connectivity index (χ4v) is 6.83. The third-order valence-electron chi connectivity index (χ3n) is 7.50. The molecule has 0 N–H and O–H groups in total. The minimum atomic E-state index is -3.80. The van der Waals surface area contributed by atoms with Gasteiger partial charge in [0.25, 0.3) is 5.91 Å². The number of rotatable bonds is 6. The van der Waals surface area contributed by atoms with Gasteiger partial charge in [-0.15, -0.1) is 0 Å². The molecule has 2 aromatic carbocycles. The lowest BCUT2D eigenvalue weighted by Crippen LogP contribution is -2.60. The summed E-state index contributed by atoms with van der Waals surface area (Å²) < 4.78 is 28.0. The van der Waals surface area contributed by atoms with Crippen LogP contribution in [0.4, 0.5) is 11.5 Å². The van der Waals surface area contributed by atoms with E-state index in [-0.39, 0.29) is 29.9 Å². The summed E-state index contributed by atoms with van der Waals surface area (Å²) in [7, 11) is 2.10. The zero-order valence-corrected chi connectivity index (χ0v) is 23.5. The van der Waals surface area contributed by atoms with E-state index < -0.39 is 10.0 Å². The lowest BCUT2D eigenvalue weighted by atomic mass is 10.0. The number of pyridine rings is 1. The Bertz CT molecular complexity index is 1440. The van der Waals surface area contributed by atoms with Crippen LogP contribution in [0.15, 0.2) is 59.6 Å². The van der Waals surface area contributed by atoms with Crippen LogP contribution in [-0.4, -0.2) is 93.5 Å². The second-order valence-corrected chi connectivity index (χ2v) is 12.4. The molecule has 11 heteroatoms. The monoisotopic (exact) mass is 556 g/mol. The Morgan fingerprint density at radius 1 is 0.921 bits per heavy atom. The van der Waals surface area contributed by atoms with Crippen molar-refractivity contribution < 1.29 is 13.2 Å². The van der Waals surface area contributed by atoms with Crippen LogP contribution in [0.2, 0.25) is 5.02 Å². The van der Waals surface area contributed by atoms with Gasteiger partial charge >= 0.3 is 0 Å². The molecule has 0 saturated carbocycles. The zero-order chi connectivity index (χ0) is 27.0. The van der Waals surface area contributed by atoms with Crippen LogP contribution < -0.4 is 9.80 Å². The van der Waals surface area contributed by atoms with Crippen LogP contribution in [0.1, 0.15) is 12.8 Å². The first-order valence-corrected chi connectivity index (χ1v) is 14.6. The molecule has 1 aromatic heterocycles. The molecule has 3 heterocycles. The normalized spacial score (nSPS) is 18.0. The SMILES string of the molecule is CN(C)c1cc(N2CCC(N(C)N3CCN(S(=O)(=O)c4ccc5cc(Cl)ccc5c4)CC3=O)CC2)ccn1. The van der Waals surface area contributed by atoms with E-state index >= 15 is 0 Å². The number of carbonyl (C=O) groups is 1. The van der Waals surface area contributed by atoms with Crippen molar-refractivity contribution in [1.82, 2.24) is 19.3 Å². The molecule has 202 valence electrons. The van der Waals surface area contributed by atoms with Crippen molar-refractivity contribution in [2.75, 3.05) is 63.7 Å². The lowest BCUT2D eigenvalue weighted by molar-refractivity contribution is -0.156. The Hall–Kier alpha value is -2.92. The predicted octanol–water partition coefficient (Wildman–Crippen LogP) is 3.30. The second-order valence-electron chi connectivity index (χ2n) is 10.1. The molecule has 0 bridgehead atoms. The minimum absolute atomic E-state index is 0.172. The number of aromatic nitrogens is 1. The minimum Gasteiger partial charge on any atom is -0.371 e. The van der Waals surface area contributed by atoms with Gasteiger partial charge < -0.3 is 9.80 Å². The molecule has 0 spiro atoms. The summed E-state index contributed by atoms with van der Waals surface area (Å²) in [6.45, 7) is 2.16. The third kappa shape index (κ3) is 5.31. The van der Waals surface area contributed by atoms with E-state index in [9.17, 15) is 13.2 Å². The molecule has 0 aliphatic carbocycles. The van der Waals surface area contributed by atoms with Gasteiger partial charge in [-0.1, -0.05) is 23.7 Å². The quantitative estimate of drug-likeness (QED) is 0.461. The number of piperazine rings is 1. The van der Waals surface area contributed by atoms with E-state index in [1.165, 1.54) is 4.31 Å². The molecule has 9 nitrogen and oxygen atoms in total. The Morgan fingerprint density at radius 2 is 1.63 bits per heavy atom. The molecule has 2 aliphatic heterocycles. The van der Waals surface area contributed by atoms with Crippen molar-refractivity contribution in [3.63, 3.8) is 0 Å². The zero-order valence-electron chi connectivity index (χ0n) is 21.9. The number of hydrazine groups is 1. The molecule has 3 aromatic rings. The highest BCUT2D eigenvalue weighted by molar-refractivity contribution is 7.89. The van der Waals surface area contributed by atoms with Gasteiger partial charge in [0.05, 0.1) is 18.0 Å². The smallest absolute Gasteiger partial charge is 0.252 e. The molecular weight excluding hydrogens is 524 g/mol. The van der Waals surface area contributed by atoms with E-state index in [1.54, 1.807) is 41.4 Å². The van der Waals surface area contributed by atoms with Gasteiger partial charge in [0, 0.05) is 69.8 Å². The van der Waals surface area contributed by atoms with Crippen molar-refractivity contribution >= 4 is 49.8 Å².